The SMILES string of the molecule is CCCCCCCCCCCCCC(=O)C[C@@H](CC(C)C)C(=O)N[C@H](C(=O)N1CCC[C@@H]1C(=O)N[C@H](C(=O)N[C@@H](C)C(=O)N[C@@H](CC(N)=O)C(=O)NC(C)C(C)=O)C(C)O)C(C)O. The molecule has 9 atom stereocenters. The van der Waals surface area contributed by atoms with Gasteiger partial charge in [0.05, 0.1) is 24.7 Å². The fraction of sp³-hybridized carbons (Fsp3) is 0.800. The number of nitrogens with two attached hydrogens (primary N) is 1. The monoisotopic (exact) mass is 894 g/mol. The molecule has 1 saturated heterocycles. The first-order valence-electron chi connectivity index (χ1n) is 23.1. The average molecular weight is 894 g/mol. The Kier molecular flexibility index (Phi) is 26.8. The van der Waals surface area contributed by atoms with Gasteiger partial charge in [-0.25, -0.2) is 0 Å². The Morgan fingerprint density at radius 2 is 1.17 bits per heavy atom. The van der Waals surface area contributed by atoms with Crippen LogP contribution in [0.1, 0.15) is 165 Å². The van der Waals surface area contributed by atoms with E-state index in [1.807, 2.05) is 13.8 Å². The minimum atomic E-state index is -1.61. The number of unbranched alkanes of at least 4 members (excludes halogenated alkanes) is 10. The van der Waals surface area contributed by atoms with E-state index < -0.39 is 102 Å². The van der Waals surface area contributed by atoms with Crippen LogP contribution in [-0.4, -0.2) is 123 Å². The number of likely N-dealkylation sites (tertiary alicyclic amines) is 1. The Labute approximate surface area is 374 Å². The molecule has 1 fully saturated rings. The smallest absolute Gasteiger partial charge is 0.248 e. The van der Waals surface area contributed by atoms with Crippen molar-refractivity contribution in [3.63, 3.8) is 0 Å². The molecule has 63 heavy (non-hydrogen) atoms. The molecular formula is C45H79N7O11. The molecule has 0 bridgehead atoms. The summed E-state index contributed by atoms with van der Waals surface area (Å²) in [4.78, 5) is 118. The third-order valence-corrected chi connectivity index (χ3v) is 11.4. The van der Waals surface area contributed by atoms with Gasteiger partial charge in [0.2, 0.25) is 41.4 Å². The van der Waals surface area contributed by atoms with E-state index in [2.05, 4.69) is 33.5 Å². The van der Waals surface area contributed by atoms with Gasteiger partial charge in [0.1, 0.15) is 36.0 Å². The van der Waals surface area contributed by atoms with Crippen LogP contribution in [0.2, 0.25) is 0 Å². The zero-order valence-electron chi connectivity index (χ0n) is 39.1. The van der Waals surface area contributed by atoms with Crippen molar-refractivity contribution in [1.82, 2.24) is 31.5 Å². The summed E-state index contributed by atoms with van der Waals surface area (Å²) in [6.07, 6.45) is 10.5. The van der Waals surface area contributed by atoms with Crippen molar-refractivity contribution in [2.75, 3.05) is 6.54 Å². The quantitative estimate of drug-likeness (QED) is 0.0452. The summed E-state index contributed by atoms with van der Waals surface area (Å²) in [6, 6.07) is -7.95. The zero-order chi connectivity index (χ0) is 47.8. The highest BCUT2D eigenvalue weighted by atomic mass is 16.3. The highest BCUT2D eigenvalue weighted by Gasteiger charge is 2.42. The van der Waals surface area contributed by atoms with E-state index in [-0.39, 0.29) is 36.9 Å². The number of nitrogens with one attached hydrogen (secondary N) is 5. The number of hydrogen-bond donors (Lipinski definition) is 8. The number of amides is 7. The fourth-order valence-electron chi connectivity index (χ4n) is 7.50. The van der Waals surface area contributed by atoms with Gasteiger partial charge in [0.15, 0.2) is 5.78 Å². The lowest BCUT2D eigenvalue weighted by atomic mass is 9.90. The lowest BCUT2D eigenvalue weighted by Crippen LogP contribution is -2.61. The molecule has 1 aliphatic rings. The Morgan fingerprint density at radius 3 is 1.68 bits per heavy atom. The average Bonchev–Trinajstić information content (AvgIpc) is 3.70. The van der Waals surface area contributed by atoms with E-state index in [0.717, 1.165) is 25.7 Å². The zero-order valence-corrected chi connectivity index (χ0v) is 39.1. The third-order valence-electron chi connectivity index (χ3n) is 11.4. The van der Waals surface area contributed by atoms with Crippen LogP contribution in [0.4, 0.5) is 0 Å². The van der Waals surface area contributed by atoms with Gasteiger partial charge < -0.3 is 47.4 Å². The van der Waals surface area contributed by atoms with Crippen molar-refractivity contribution in [3.8, 4) is 0 Å². The van der Waals surface area contributed by atoms with E-state index in [1.165, 1.54) is 84.5 Å². The number of Topliss-reactive ketones (excluding diaryl/α,β-unsaturated/α-hetero) is 2. The molecule has 0 aliphatic carbocycles. The van der Waals surface area contributed by atoms with Gasteiger partial charge in [-0.1, -0.05) is 85.0 Å². The summed E-state index contributed by atoms with van der Waals surface area (Å²) >= 11 is 0. The molecule has 0 spiro atoms. The Balaban J connectivity index is 2.92. The molecule has 0 radical (unpaired) electrons. The predicted molar refractivity (Wildman–Crippen MR) is 237 cm³/mol. The molecule has 1 aliphatic heterocycles. The molecule has 18 heteroatoms. The summed E-state index contributed by atoms with van der Waals surface area (Å²) in [5.74, 6) is -6.86. The van der Waals surface area contributed by atoms with E-state index in [0.29, 0.717) is 19.3 Å². The van der Waals surface area contributed by atoms with Crippen molar-refractivity contribution in [2.24, 2.45) is 17.6 Å². The predicted octanol–water partition coefficient (Wildman–Crippen LogP) is 1.99. The number of carbonyl (C=O) groups excluding carboxylic acids is 9. The number of rotatable bonds is 32. The van der Waals surface area contributed by atoms with Crippen LogP contribution in [0, 0.1) is 11.8 Å². The highest BCUT2D eigenvalue weighted by Crippen LogP contribution is 2.22. The maximum atomic E-state index is 14.0. The Hall–Kier alpha value is -4.45. The first-order valence-corrected chi connectivity index (χ1v) is 23.1. The molecule has 18 nitrogen and oxygen atoms in total. The summed E-state index contributed by atoms with van der Waals surface area (Å²) in [6.45, 7) is 12.6. The van der Waals surface area contributed by atoms with Crippen molar-refractivity contribution < 1.29 is 53.4 Å². The van der Waals surface area contributed by atoms with Crippen molar-refractivity contribution >= 4 is 52.9 Å². The first kappa shape index (κ1) is 56.6. The van der Waals surface area contributed by atoms with Crippen LogP contribution in [0.3, 0.4) is 0 Å². The van der Waals surface area contributed by atoms with Gasteiger partial charge in [0, 0.05) is 25.3 Å². The molecule has 0 aromatic carbocycles. The van der Waals surface area contributed by atoms with E-state index in [9.17, 15) is 53.4 Å². The second-order valence-corrected chi connectivity index (χ2v) is 17.8. The standard InChI is InChI=1S/C45H79N7O11/c1-9-10-11-12-13-14-15-16-17-18-19-21-34(56)25-33(24-27(2)3)41(59)51-39(32(8)55)45(63)52-23-20-22-36(52)43(61)50-38(31(7)54)44(62)48-29(5)40(58)49-35(26-37(46)57)42(60)47-28(4)30(6)53/h27-29,31-33,35-36,38-39,54-55H,9-26H2,1-8H3,(H2,46,57)(H,47,60)(H,48,62)(H,49,58)(H,50,61)(H,51,59)/t28?,29-,31?,32?,33+,35-,36+,38-,39-/m0/s1. The Morgan fingerprint density at radius 1 is 0.635 bits per heavy atom. The highest BCUT2D eigenvalue weighted by molar-refractivity contribution is 5.98. The third kappa shape index (κ3) is 21.7. The van der Waals surface area contributed by atoms with Gasteiger partial charge in [-0.3, -0.25) is 43.2 Å². The molecule has 0 aromatic rings. The number of carbonyl (C=O) groups is 9. The van der Waals surface area contributed by atoms with Crippen LogP contribution in [-0.2, 0) is 43.2 Å². The van der Waals surface area contributed by atoms with Crippen LogP contribution in [0.25, 0.3) is 0 Å². The molecule has 3 unspecified atom stereocenters. The van der Waals surface area contributed by atoms with E-state index in [4.69, 9.17) is 5.73 Å². The van der Waals surface area contributed by atoms with Gasteiger partial charge in [-0.05, 0) is 66.2 Å². The molecular weight excluding hydrogens is 815 g/mol. The number of nitrogens with zero attached hydrogens (tertiary/aromatic N) is 1. The molecule has 7 amide bonds. The van der Waals surface area contributed by atoms with Gasteiger partial charge in [0.25, 0.3) is 0 Å². The Bertz CT molecular complexity index is 1520. The molecule has 1 heterocycles. The largest absolute Gasteiger partial charge is 0.391 e. The van der Waals surface area contributed by atoms with Crippen molar-refractivity contribution in [1.29, 1.82) is 0 Å². The van der Waals surface area contributed by atoms with Crippen LogP contribution < -0.4 is 32.3 Å². The summed E-state index contributed by atoms with van der Waals surface area (Å²) < 4.78 is 0. The normalized spacial score (nSPS) is 17.6. The maximum absolute atomic E-state index is 14.0. The van der Waals surface area contributed by atoms with Gasteiger partial charge >= 0.3 is 0 Å². The maximum Gasteiger partial charge on any atom is 0.248 e. The van der Waals surface area contributed by atoms with Gasteiger partial charge in [-0.2, -0.15) is 0 Å². The van der Waals surface area contributed by atoms with Crippen LogP contribution >= 0.6 is 0 Å². The first-order chi connectivity index (χ1) is 29.6. The second-order valence-electron chi connectivity index (χ2n) is 17.8. The topological polar surface area (TPSA) is 284 Å². The minimum absolute atomic E-state index is 0.00397. The number of ketones is 2. The number of aliphatic hydroxyl groups excluding tert-OH is 2. The van der Waals surface area contributed by atoms with Gasteiger partial charge in [-0.15, -0.1) is 0 Å². The fourth-order valence-corrected chi connectivity index (χ4v) is 7.50. The van der Waals surface area contributed by atoms with E-state index >= 15 is 0 Å². The summed E-state index contributed by atoms with van der Waals surface area (Å²) in [7, 11) is 0. The lowest BCUT2D eigenvalue weighted by Gasteiger charge is -2.32. The summed E-state index contributed by atoms with van der Waals surface area (Å²) in [5, 5.41) is 33.4. The van der Waals surface area contributed by atoms with Crippen molar-refractivity contribution in [2.45, 2.75) is 213 Å². The van der Waals surface area contributed by atoms with E-state index in [1.54, 1.807) is 0 Å². The van der Waals surface area contributed by atoms with Crippen LogP contribution in [0.15, 0.2) is 0 Å². The van der Waals surface area contributed by atoms with Crippen molar-refractivity contribution in [3.05, 3.63) is 0 Å². The lowest BCUT2D eigenvalue weighted by molar-refractivity contribution is -0.145. The molecule has 0 aromatic heterocycles. The minimum Gasteiger partial charge on any atom is -0.391 e. The summed E-state index contributed by atoms with van der Waals surface area (Å²) in [5.41, 5.74) is 5.25. The molecule has 9 N–H and O–H groups in total. The molecule has 0 saturated carbocycles. The molecule has 1 rings (SSSR count). The number of hydrogen-bond acceptors (Lipinski definition) is 11. The number of primary amides is 1. The number of aliphatic hydroxyl groups is 2. The molecule has 360 valence electrons. The van der Waals surface area contributed by atoms with Crippen LogP contribution in [0.5, 0.6) is 0 Å². The second kappa shape index (κ2) is 29.8.